The number of nitrogen functional groups attached to an aromatic ring is 1. The van der Waals surface area contributed by atoms with Crippen molar-refractivity contribution >= 4 is 16.3 Å². The van der Waals surface area contributed by atoms with Crippen molar-refractivity contribution in [1.29, 1.82) is 0 Å². The van der Waals surface area contributed by atoms with Crippen LogP contribution in [-0.4, -0.2) is 19.0 Å². The second-order valence-electron chi connectivity index (χ2n) is 3.55. The molecule has 0 spiro atoms. The van der Waals surface area contributed by atoms with Gasteiger partial charge in [0.25, 0.3) is 0 Å². The van der Waals surface area contributed by atoms with E-state index in [2.05, 4.69) is 25.1 Å². The maximum absolute atomic E-state index is 5.75. The molecule has 2 nitrogen and oxygen atoms in total. The molecule has 2 N–H and O–H groups in total. The van der Waals surface area contributed by atoms with E-state index in [1.807, 2.05) is 0 Å². The van der Waals surface area contributed by atoms with Crippen LogP contribution in [0.15, 0.2) is 6.07 Å². The third-order valence-electron chi connectivity index (χ3n) is 2.49. The fourth-order valence-corrected chi connectivity index (χ4v) is 2.90. The Hall–Kier alpha value is -0.540. The summed E-state index contributed by atoms with van der Waals surface area (Å²) in [6.07, 6.45) is 2.47. The summed E-state index contributed by atoms with van der Waals surface area (Å²) in [5.41, 5.74) is 7.21. The van der Waals surface area contributed by atoms with Gasteiger partial charge in [-0.15, -0.1) is 11.3 Å². The van der Waals surface area contributed by atoms with E-state index >= 15 is 0 Å². The first kappa shape index (κ1) is 8.08. The second-order valence-corrected chi connectivity index (χ2v) is 4.71. The van der Waals surface area contributed by atoms with Gasteiger partial charge in [-0.2, -0.15) is 0 Å². The van der Waals surface area contributed by atoms with Gasteiger partial charge in [0.15, 0.2) is 0 Å². The van der Waals surface area contributed by atoms with Crippen molar-refractivity contribution in [3.63, 3.8) is 0 Å². The van der Waals surface area contributed by atoms with Crippen molar-refractivity contribution in [3.8, 4) is 0 Å². The first-order valence-corrected chi connectivity index (χ1v) is 5.04. The number of hydrogen-bond donors (Lipinski definition) is 1. The van der Waals surface area contributed by atoms with Crippen molar-refractivity contribution in [2.75, 3.05) is 19.8 Å². The zero-order valence-corrected chi connectivity index (χ0v) is 8.32. The average Bonchev–Trinajstić information content (AvgIpc) is 2.43. The lowest BCUT2D eigenvalue weighted by molar-refractivity contribution is 0.299. The summed E-state index contributed by atoms with van der Waals surface area (Å²) in [5, 5.41) is 0.964. The highest BCUT2D eigenvalue weighted by molar-refractivity contribution is 7.16. The van der Waals surface area contributed by atoms with Crippen LogP contribution in [-0.2, 0) is 6.42 Å². The van der Waals surface area contributed by atoms with Crippen molar-refractivity contribution in [2.24, 2.45) is 0 Å². The number of fused-ring (bicyclic) bond motifs is 1. The molecule has 0 saturated carbocycles. The van der Waals surface area contributed by atoms with Crippen LogP contribution in [0.4, 0.5) is 5.00 Å². The predicted octanol–water partition coefficient (Wildman–Crippen LogP) is 1.88. The Labute approximate surface area is 77.0 Å². The Kier molecular flexibility index (Phi) is 1.85. The number of nitrogens with zero attached hydrogens (tertiary/aromatic N) is 1. The molecule has 0 fully saturated rings. The topological polar surface area (TPSA) is 29.3 Å². The standard InChI is InChI=1S/C9H14N2S/c1-11(2)7-3-4-8-6(7)5-9(10)12-8/h5,7H,3-4,10H2,1-2H3. The maximum atomic E-state index is 5.75. The Morgan fingerprint density at radius 3 is 3.00 bits per heavy atom. The molecular weight excluding hydrogens is 168 g/mol. The molecular formula is C9H14N2S. The molecule has 2 rings (SSSR count). The first-order valence-electron chi connectivity index (χ1n) is 4.23. The molecule has 0 amide bonds. The van der Waals surface area contributed by atoms with Gasteiger partial charge >= 0.3 is 0 Å². The third kappa shape index (κ3) is 1.13. The Bertz CT molecular complexity index is 291. The molecule has 12 heavy (non-hydrogen) atoms. The molecule has 0 radical (unpaired) electrons. The smallest absolute Gasteiger partial charge is 0.0862 e. The van der Waals surface area contributed by atoms with Crippen molar-refractivity contribution < 1.29 is 0 Å². The van der Waals surface area contributed by atoms with Crippen LogP contribution in [0.25, 0.3) is 0 Å². The van der Waals surface area contributed by atoms with Crippen LogP contribution >= 0.6 is 11.3 Å². The lowest BCUT2D eigenvalue weighted by Crippen LogP contribution is -2.16. The molecule has 0 aliphatic heterocycles. The number of hydrogen-bond acceptors (Lipinski definition) is 3. The fourth-order valence-electron chi connectivity index (χ4n) is 1.90. The average molecular weight is 182 g/mol. The molecule has 1 atom stereocenters. The van der Waals surface area contributed by atoms with Crippen LogP contribution in [0.5, 0.6) is 0 Å². The van der Waals surface area contributed by atoms with Gasteiger partial charge in [-0.25, -0.2) is 0 Å². The summed E-state index contributed by atoms with van der Waals surface area (Å²) < 4.78 is 0. The van der Waals surface area contributed by atoms with Crippen LogP contribution in [0, 0.1) is 0 Å². The summed E-state index contributed by atoms with van der Waals surface area (Å²) in [4.78, 5) is 3.77. The van der Waals surface area contributed by atoms with E-state index in [1.54, 1.807) is 11.3 Å². The van der Waals surface area contributed by atoms with Gasteiger partial charge in [0, 0.05) is 10.9 Å². The number of rotatable bonds is 1. The highest BCUT2D eigenvalue weighted by atomic mass is 32.1. The van der Waals surface area contributed by atoms with Crippen molar-refractivity contribution in [3.05, 3.63) is 16.5 Å². The van der Waals surface area contributed by atoms with Crippen LogP contribution in [0.1, 0.15) is 22.9 Å². The lowest BCUT2D eigenvalue weighted by atomic mass is 10.1. The largest absolute Gasteiger partial charge is 0.391 e. The fraction of sp³-hybridized carbons (Fsp3) is 0.556. The van der Waals surface area contributed by atoms with Crippen LogP contribution in [0.3, 0.4) is 0 Å². The van der Waals surface area contributed by atoms with Gasteiger partial charge in [-0.05, 0) is 38.6 Å². The highest BCUT2D eigenvalue weighted by Crippen LogP contribution is 2.40. The number of nitrogens with two attached hydrogens (primary N) is 1. The number of thiophene rings is 1. The lowest BCUT2D eigenvalue weighted by Gasteiger charge is -2.18. The number of aryl methyl sites for hydroxylation is 1. The minimum Gasteiger partial charge on any atom is -0.391 e. The predicted molar refractivity (Wildman–Crippen MR) is 53.5 cm³/mol. The molecule has 1 heterocycles. The van der Waals surface area contributed by atoms with Crippen molar-refractivity contribution in [2.45, 2.75) is 18.9 Å². The number of anilines is 1. The van der Waals surface area contributed by atoms with Crippen LogP contribution < -0.4 is 5.73 Å². The Morgan fingerprint density at radius 1 is 1.58 bits per heavy atom. The van der Waals surface area contributed by atoms with E-state index in [4.69, 9.17) is 5.73 Å². The molecule has 1 aliphatic carbocycles. The minimum atomic E-state index is 0.605. The minimum absolute atomic E-state index is 0.605. The van der Waals surface area contributed by atoms with Gasteiger partial charge in [0.05, 0.1) is 5.00 Å². The summed E-state index contributed by atoms with van der Waals surface area (Å²) >= 11 is 1.75. The molecule has 3 heteroatoms. The van der Waals surface area contributed by atoms with Crippen molar-refractivity contribution in [1.82, 2.24) is 4.90 Å². The molecule has 1 aromatic rings. The molecule has 1 aromatic heterocycles. The Morgan fingerprint density at radius 2 is 2.33 bits per heavy atom. The summed E-state index contributed by atoms with van der Waals surface area (Å²) in [5.74, 6) is 0. The SMILES string of the molecule is CN(C)C1CCc2sc(N)cc21. The van der Waals surface area contributed by atoms with E-state index in [1.165, 1.54) is 23.3 Å². The molecule has 66 valence electrons. The summed E-state index contributed by atoms with van der Waals surface area (Å²) in [7, 11) is 4.27. The molecule has 0 aromatic carbocycles. The molecule has 1 unspecified atom stereocenters. The van der Waals surface area contributed by atoms with Gasteiger partial charge in [-0.1, -0.05) is 0 Å². The van der Waals surface area contributed by atoms with E-state index in [0.29, 0.717) is 6.04 Å². The Balaban J connectivity index is 2.34. The van der Waals surface area contributed by atoms with Crippen LogP contribution in [0.2, 0.25) is 0 Å². The van der Waals surface area contributed by atoms with E-state index in [-0.39, 0.29) is 0 Å². The van der Waals surface area contributed by atoms with Gasteiger partial charge in [0.1, 0.15) is 0 Å². The molecule has 0 bridgehead atoms. The van der Waals surface area contributed by atoms with E-state index < -0.39 is 0 Å². The quantitative estimate of drug-likeness (QED) is 0.718. The normalized spacial score (nSPS) is 21.8. The van der Waals surface area contributed by atoms with E-state index in [9.17, 15) is 0 Å². The highest BCUT2D eigenvalue weighted by Gasteiger charge is 2.25. The first-order chi connectivity index (χ1) is 5.68. The molecule has 0 saturated heterocycles. The zero-order chi connectivity index (χ0) is 8.72. The van der Waals surface area contributed by atoms with Gasteiger partial charge in [-0.3, -0.25) is 0 Å². The van der Waals surface area contributed by atoms with Gasteiger partial charge in [0.2, 0.25) is 0 Å². The molecule has 1 aliphatic rings. The van der Waals surface area contributed by atoms with Gasteiger partial charge < -0.3 is 10.6 Å². The van der Waals surface area contributed by atoms with E-state index in [0.717, 1.165) is 5.00 Å². The zero-order valence-electron chi connectivity index (χ0n) is 7.50. The summed E-state index contributed by atoms with van der Waals surface area (Å²) in [6.45, 7) is 0. The summed E-state index contributed by atoms with van der Waals surface area (Å²) in [6, 6.07) is 2.74. The second kappa shape index (κ2) is 2.75. The maximum Gasteiger partial charge on any atom is 0.0862 e. The third-order valence-corrected chi connectivity index (χ3v) is 3.53. The monoisotopic (exact) mass is 182 g/mol.